The van der Waals surface area contributed by atoms with Gasteiger partial charge in [0.2, 0.25) is 17.7 Å². The number of carbonyl (C=O) groups excluding carboxylic acids is 4. The SMILES string of the molecule is COC(=O)N[C@H](C(=O)N1CCC[C@H]1c1nc2c([nH]1)C1SC(c3nc4ccc5nc([C@@H]6CCCN6C(=O)[C@@H](NC(C)=O)C(C)C)[nH]c5c4o3)=NC1C=C2)C(C)C. The predicted octanol–water partition coefficient (Wildman–Crippen LogP) is 4.93. The standard InChI is InChI=1S/C38H46N10O6S/c1-17(2)26(39-19(5)49)36(50)47-15-7-9-24(47)32-40-20-11-13-22-30(28(20)44-32)54-34(42-22)35-43-23-14-12-21-29(31(23)55-35)45-33(41-21)25-10-8-16-48(25)37(51)27(18(3)4)46-38(52)53-6/h11-14,17-18,23-27,31H,7-10,15-16H2,1-6H3,(H,39,49)(H,40,44)(H,41,45)(H,46,52)/t23?,24-,25-,26-,27-,31?/m0/s1. The van der Waals surface area contributed by atoms with Crippen LogP contribution in [0.1, 0.15) is 107 Å². The molecule has 4 amide bonds. The first-order chi connectivity index (χ1) is 26.4. The van der Waals surface area contributed by atoms with Crippen molar-refractivity contribution < 1.29 is 28.3 Å². The number of amides is 4. The van der Waals surface area contributed by atoms with Crippen LogP contribution in [0, 0.1) is 11.8 Å². The molecular weight excluding hydrogens is 725 g/mol. The van der Waals surface area contributed by atoms with E-state index >= 15 is 0 Å². The molecule has 1 aliphatic carbocycles. The highest BCUT2D eigenvalue weighted by Crippen LogP contribution is 2.47. The molecule has 55 heavy (non-hydrogen) atoms. The second-order valence-electron chi connectivity index (χ2n) is 15.4. The number of aromatic amines is 2. The lowest BCUT2D eigenvalue weighted by molar-refractivity contribution is -0.138. The maximum absolute atomic E-state index is 13.7. The Kier molecular flexibility index (Phi) is 9.67. The van der Waals surface area contributed by atoms with E-state index in [1.807, 2.05) is 61.8 Å². The molecule has 2 saturated heterocycles. The van der Waals surface area contributed by atoms with E-state index in [9.17, 15) is 19.2 Å². The number of aromatic nitrogens is 5. The van der Waals surface area contributed by atoms with E-state index in [-0.39, 0.29) is 52.9 Å². The van der Waals surface area contributed by atoms with Gasteiger partial charge in [0.05, 0.1) is 47.4 Å². The summed E-state index contributed by atoms with van der Waals surface area (Å²) in [6, 6.07) is 1.78. The van der Waals surface area contributed by atoms with Crippen LogP contribution in [0.3, 0.4) is 0 Å². The van der Waals surface area contributed by atoms with Crippen molar-refractivity contribution in [2.24, 2.45) is 16.8 Å². The van der Waals surface area contributed by atoms with Gasteiger partial charge in [-0.3, -0.25) is 19.4 Å². The van der Waals surface area contributed by atoms with Crippen LogP contribution < -0.4 is 10.6 Å². The third-order valence-electron chi connectivity index (χ3n) is 10.9. The minimum absolute atomic E-state index is 0.0626. The summed E-state index contributed by atoms with van der Waals surface area (Å²) in [4.78, 5) is 81.6. The van der Waals surface area contributed by atoms with Crippen LogP contribution in [0.4, 0.5) is 4.79 Å². The van der Waals surface area contributed by atoms with Gasteiger partial charge in [-0.05, 0) is 55.7 Å². The van der Waals surface area contributed by atoms with Gasteiger partial charge < -0.3 is 39.6 Å². The average molecular weight is 771 g/mol. The van der Waals surface area contributed by atoms with E-state index < -0.39 is 18.2 Å². The first kappa shape index (κ1) is 36.8. The molecule has 17 heteroatoms. The Hall–Kier alpha value is -5.19. The monoisotopic (exact) mass is 770 g/mol. The highest BCUT2D eigenvalue weighted by molar-refractivity contribution is 8.14. The number of aliphatic imine (C=N–C) groups is 1. The number of hydrogen-bond acceptors (Lipinski definition) is 11. The van der Waals surface area contributed by atoms with Crippen molar-refractivity contribution in [3.63, 3.8) is 0 Å². The van der Waals surface area contributed by atoms with Crippen LogP contribution >= 0.6 is 11.8 Å². The number of nitrogens with zero attached hydrogens (tertiary/aromatic N) is 6. The van der Waals surface area contributed by atoms with Gasteiger partial charge in [0.25, 0.3) is 5.89 Å². The molecule has 290 valence electrons. The largest absolute Gasteiger partial charge is 0.453 e. The van der Waals surface area contributed by atoms with Crippen LogP contribution in [0.2, 0.25) is 0 Å². The van der Waals surface area contributed by atoms with Crippen LogP contribution in [0.15, 0.2) is 27.6 Å². The number of imidazole rings is 2. The summed E-state index contributed by atoms with van der Waals surface area (Å²) >= 11 is 1.56. The lowest BCUT2D eigenvalue weighted by atomic mass is 10.0. The van der Waals surface area contributed by atoms with Crippen LogP contribution in [0.25, 0.3) is 28.2 Å². The number of oxazole rings is 1. The second-order valence-corrected chi connectivity index (χ2v) is 16.5. The zero-order valence-electron chi connectivity index (χ0n) is 31.7. The molecule has 4 aliphatic rings. The Morgan fingerprint density at radius 1 is 0.891 bits per heavy atom. The van der Waals surface area contributed by atoms with E-state index in [0.29, 0.717) is 57.8 Å². The maximum atomic E-state index is 13.7. The van der Waals surface area contributed by atoms with Crippen LogP contribution in [-0.2, 0) is 19.1 Å². The van der Waals surface area contributed by atoms with Gasteiger partial charge in [-0.1, -0.05) is 45.5 Å². The number of ether oxygens (including phenoxy) is 1. The van der Waals surface area contributed by atoms with Crippen molar-refractivity contribution in [3.05, 3.63) is 47.1 Å². The third kappa shape index (κ3) is 6.65. The Morgan fingerprint density at radius 3 is 2.16 bits per heavy atom. The highest BCUT2D eigenvalue weighted by Gasteiger charge is 2.42. The fraction of sp³-hybridized carbons (Fsp3) is 0.526. The molecule has 4 N–H and O–H groups in total. The topological polar surface area (TPSA) is 204 Å². The van der Waals surface area contributed by atoms with Crippen LogP contribution in [0.5, 0.6) is 0 Å². The molecule has 0 spiro atoms. The van der Waals surface area contributed by atoms with Gasteiger partial charge in [0.15, 0.2) is 10.6 Å². The molecule has 6 heterocycles. The molecule has 2 fully saturated rings. The van der Waals surface area contributed by atoms with Gasteiger partial charge >= 0.3 is 6.09 Å². The first-order valence-corrected chi connectivity index (χ1v) is 19.8. The van der Waals surface area contributed by atoms with E-state index in [1.54, 1.807) is 11.8 Å². The van der Waals surface area contributed by atoms with Gasteiger partial charge in [-0.2, -0.15) is 0 Å². The molecule has 3 aromatic heterocycles. The average Bonchev–Trinajstić information content (AvgIpc) is 3.99. The lowest BCUT2D eigenvalue weighted by Crippen LogP contribution is -2.51. The Morgan fingerprint density at radius 2 is 1.53 bits per heavy atom. The third-order valence-corrected chi connectivity index (χ3v) is 12.2. The van der Waals surface area contributed by atoms with Crippen molar-refractivity contribution in [1.29, 1.82) is 0 Å². The molecule has 6 atom stereocenters. The number of rotatable bonds is 9. The number of thioether (sulfide) groups is 1. The Balaban J connectivity index is 1.01. The van der Waals surface area contributed by atoms with E-state index in [2.05, 4.69) is 20.6 Å². The van der Waals surface area contributed by atoms with Crippen molar-refractivity contribution >= 4 is 68.8 Å². The van der Waals surface area contributed by atoms with Gasteiger partial charge in [0, 0.05) is 20.0 Å². The zero-order chi connectivity index (χ0) is 38.7. The molecule has 3 aliphatic heterocycles. The quantitative estimate of drug-likeness (QED) is 0.181. The van der Waals surface area contributed by atoms with E-state index in [0.717, 1.165) is 37.1 Å². The maximum Gasteiger partial charge on any atom is 0.407 e. The molecule has 0 saturated carbocycles. The van der Waals surface area contributed by atoms with Crippen molar-refractivity contribution in [2.75, 3.05) is 20.2 Å². The number of hydrogen-bond donors (Lipinski definition) is 4. The highest BCUT2D eigenvalue weighted by atomic mass is 32.2. The van der Waals surface area contributed by atoms with E-state index in [4.69, 9.17) is 29.1 Å². The minimum atomic E-state index is -0.714. The molecule has 8 rings (SSSR count). The van der Waals surface area contributed by atoms with Gasteiger partial charge in [0.1, 0.15) is 34.8 Å². The molecule has 2 unspecified atom stereocenters. The number of likely N-dealkylation sites (tertiary alicyclic amines) is 2. The Labute approximate surface area is 321 Å². The lowest BCUT2D eigenvalue weighted by Gasteiger charge is -2.30. The molecule has 0 bridgehead atoms. The normalized spacial score (nSPS) is 23.0. The van der Waals surface area contributed by atoms with Crippen molar-refractivity contribution in [1.82, 2.24) is 45.4 Å². The van der Waals surface area contributed by atoms with Gasteiger partial charge in [-0.15, -0.1) is 0 Å². The number of carbonyl (C=O) groups is 4. The summed E-state index contributed by atoms with van der Waals surface area (Å²) in [6.45, 7) is 10.2. The summed E-state index contributed by atoms with van der Waals surface area (Å²) in [5.41, 5.74) is 4.38. The summed E-state index contributed by atoms with van der Waals surface area (Å²) in [7, 11) is 1.29. The zero-order valence-corrected chi connectivity index (χ0v) is 32.5. The fourth-order valence-corrected chi connectivity index (χ4v) is 9.36. The molecule has 16 nitrogen and oxygen atoms in total. The molecule has 4 aromatic rings. The smallest absolute Gasteiger partial charge is 0.407 e. The molecular formula is C38H46N10O6S. The number of methoxy groups -OCH3 is 1. The first-order valence-electron chi connectivity index (χ1n) is 19.0. The Bertz CT molecular complexity index is 2240. The molecule has 0 radical (unpaired) electrons. The summed E-state index contributed by atoms with van der Waals surface area (Å²) in [5.74, 6) is 1.11. The fourth-order valence-electron chi connectivity index (χ4n) is 8.16. The summed E-state index contributed by atoms with van der Waals surface area (Å²) in [5, 5.41) is 6.12. The second kappa shape index (κ2) is 14.5. The van der Waals surface area contributed by atoms with Crippen molar-refractivity contribution in [3.8, 4) is 0 Å². The summed E-state index contributed by atoms with van der Waals surface area (Å²) < 4.78 is 11.2. The number of nitrogens with one attached hydrogen (secondary N) is 4. The number of H-pyrrole nitrogens is 2. The molecule has 1 aromatic carbocycles. The van der Waals surface area contributed by atoms with Crippen LogP contribution in [-0.4, -0.2) is 102 Å². The summed E-state index contributed by atoms with van der Waals surface area (Å²) in [6.07, 6.45) is 6.54. The van der Waals surface area contributed by atoms with E-state index in [1.165, 1.54) is 14.0 Å². The number of alkyl carbamates (subject to hydrolysis) is 1. The van der Waals surface area contributed by atoms with Crippen molar-refractivity contribution in [2.45, 2.75) is 95.8 Å². The number of benzene rings is 1. The minimum Gasteiger partial charge on any atom is -0.453 e. The number of fused-ring (bicyclic) bond motifs is 6. The predicted molar refractivity (Wildman–Crippen MR) is 206 cm³/mol. The van der Waals surface area contributed by atoms with Gasteiger partial charge in [-0.25, -0.2) is 19.7 Å².